The molecule has 2 N–H and O–H groups in total. The predicted octanol–water partition coefficient (Wildman–Crippen LogP) is 0.985. The Morgan fingerprint density at radius 2 is 2.28 bits per heavy atom. The molecule has 0 radical (unpaired) electrons. The van der Waals surface area contributed by atoms with Crippen LogP contribution < -0.4 is 10.5 Å². The van der Waals surface area contributed by atoms with Crippen LogP contribution in [-0.2, 0) is 0 Å². The molecule has 0 amide bonds. The average molecular weight is 246 g/mol. The fraction of sp³-hybridized carbons (Fsp3) is 0.273. The molecular weight excluding hydrogens is 232 g/mol. The highest BCUT2D eigenvalue weighted by Gasteiger charge is 2.07. The first-order chi connectivity index (χ1) is 8.65. The topological polar surface area (TPSA) is 91.7 Å². The van der Waals surface area contributed by atoms with Gasteiger partial charge in [-0.05, 0) is 13.0 Å². The maximum Gasteiger partial charge on any atom is 0.323 e. The highest BCUT2D eigenvalue weighted by atomic mass is 16.5. The van der Waals surface area contributed by atoms with Gasteiger partial charge in [0.05, 0.1) is 6.61 Å². The summed E-state index contributed by atoms with van der Waals surface area (Å²) in [6, 6.07) is 1.95. The van der Waals surface area contributed by atoms with Crippen LogP contribution in [-0.4, -0.2) is 31.3 Å². The Labute approximate surface area is 104 Å². The van der Waals surface area contributed by atoms with Crippen molar-refractivity contribution in [1.82, 2.24) is 24.7 Å². The summed E-state index contributed by atoms with van der Waals surface area (Å²) in [5.41, 5.74) is 6.63. The van der Waals surface area contributed by atoms with Gasteiger partial charge in [0.15, 0.2) is 0 Å². The van der Waals surface area contributed by atoms with Crippen molar-refractivity contribution >= 4 is 5.95 Å². The Kier molecular flexibility index (Phi) is 3.52. The van der Waals surface area contributed by atoms with Crippen LogP contribution in [0.25, 0.3) is 5.95 Å². The molecule has 0 aliphatic heterocycles. The Balaban J connectivity index is 2.14. The van der Waals surface area contributed by atoms with Crippen molar-refractivity contribution in [3.8, 4) is 12.0 Å². The van der Waals surface area contributed by atoms with Gasteiger partial charge < -0.3 is 10.5 Å². The van der Waals surface area contributed by atoms with E-state index >= 15 is 0 Å². The number of rotatable bonds is 5. The highest BCUT2D eigenvalue weighted by molar-refractivity contribution is 5.24. The zero-order chi connectivity index (χ0) is 13.0. The monoisotopic (exact) mass is 246 g/mol. The van der Waals surface area contributed by atoms with E-state index in [2.05, 4.69) is 26.6 Å². The zero-order valence-electron chi connectivity index (χ0n) is 10.1. The van der Waals surface area contributed by atoms with Gasteiger partial charge in [-0.1, -0.05) is 5.57 Å². The lowest BCUT2D eigenvalue weighted by molar-refractivity contribution is 0.295. The number of anilines is 1. The van der Waals surface area contributed by atoms with Crippen LogP contribution in [0.15, 0.2) is 30.6 Å². The Bertz CT molecular complexity index is 536. The molecule has 0 aliphatic rings. The van der Waals surface area contributed by atoms with Crippen molar-refractivity contribution in [1.29, 1.82) is 0 Å². The Morgan fingerprint density at radius 3 is 2.94 bits per heavy atom. The van der Waals surface area contributed by atoms with E-state index in [9.17, 15) is 0 Å². The molecule has 94 valence electrons. The van der Waals surface area contributed by atoms with Crippen LogP contribution in [0.1, 0.15) is 13.3 Å². The molecule has 2 rings (SSSR count). The van der Waals surface area contributed by atoms with Crippen LogP contribution in [0.4, 0.5) is 5.95 Å². The molecule has 0 bridgehead atoms. The van der Waals surface area contributed by atoms with Crippen LogP contribution in [0.2, 0.25) is 0 Å². The van der Waals surface area contributed by atoms with Crippen molar-refractivity contribution in [2.24, 2.45) is 0 Å². The first kappa shape index (κ1) is 12.0. The molecule has 2 heterocycles. The molecule has 0 spiro atoms. The van der Waals surface area contributed by atoms with E-state index in [0.717, 1.165) is 12.0 Å². The van der Waals surface area contributed by atoms with Gasteiger partial charge in [0, 0.05) is 18.8 Å². The van der Waals surface area contributed by atoms with E-state index in [1.54, 1.807) is 18.5 Å². The van der Waals surface area contributed by atoms with Gasteiger partial charge in [0.2, 0.25) is 5.95 Å². The quantitative estimate of drug-likeness (QED) is 0.791. The molecule has 0 saturated heterocycles. The molecule has 0 aromatic carbocycles. The molecule has 2 aromatic rings. The molecule has 2 aromatic heterocycles. The van der Waals surface area contributed by atoms with E-state index in [4.69, 9.17) is 10.5 Å². The lowest BCUT2D eigenvalue weighted by Gasteiger charge is -2.06. The Morgan fingerprint density at radius 1 is 1.44 bits per heavy atom. The molecule has 0 atom stereocenters. The normalized spacial score (nSPS) is 10.3. The number of nitrogen functional groups attached to an aromatic ring is 1. The minimum absolute atomic E-state index is 0.0980. The van der Waals surface area contributed by atoms with Crippen molar-refractivity contribution in [2.45, 2.75) is 13.3 Å². The van der Waals surface area contributed by atoms with Crippen LogP contribution >= 0.6 is 0 Å². The first-order valence-corrected chi connectivity index (χ1v) is 5.44. The second-order valence-electron chi connectivity index (χ2n) is 3.78. The number of nitrogens with zero attached hydrogens (tertiary/aromatic N) is 5. The van der Waals surface area contributed by atoms with Crippen molar-refractivity contribution in [3.05, 3.63) is 30.6 Å². The summed E-state index contributed by atoms with van der Waals surface area (Å²) in [5, 5.41) is 4.02. The zero-order valence-corrected chi connectivity index (χ0v) is 10.1. The number of hydrogen-bond acceptors (Lipinski definition) is 6. The molecular formula is C11H14N6O. The van der Waals surface area contributed by atoms with E-state index < -0.39 is 0 Å². The van der Waals surface area contributed by atoms with Gasteiger partial charge in [-0.25, -0.2) is 4.68 Å². The maximum absolute atomic E-state index is 5.60. The SMILES string of the molecule is C=C(C)CCOc1nc(N)nc(-n2cccn2)n1. The molecule has 7 heteroatoms. The summed E-state index contributed by atoms with van der Waals surface area (Å²) >= 11 is 0. The van der Waals surface area contributed by atoms with Gasteiger partial charge in [-0.2, -0.15) is 20.1 Å². The van der Waals surface area contributed by atoms with Gasteiger partial charge >= 0.3 is 6.01 Å². The molecule has 0 aliphatic carbocycles. The molecule has 0 fully saturated rings. The predicted molar refractivity (Wildman–Crippen MR) is 66.3 cm³/mol. The van der Waals surface area contributed by atoms with Gasteiger partial charge in [-0.15, -0.1) is 6.58 Å². The summed E-state index contributed by atoms with van der Waals surface area (Å²) in [6.07, 6.45) is 4.08. The summed E-state index contributed by atoms with van der Waals surface area (Å²) in [5.74, 6) is 0.429. The number of aromatic nitrogens is 5. The summed E-state index contributed by atoms with van der Waals surface area (Å²) in [4.78, 5) is 12.0. The lowest BCUT2D eigenvalue weighted by atomic mass is 10.3. The third kappa shape index (κ3) is 3.03. The minimum atomic E-state index is 0.0980. The van der Waals surface area contributed by atoms with Crippen molar-refractivity contribution in [2.75, 3.05) is 12.3 Å². The third-order valence-electron chi connectivity index (χ3n) is 2.09. The van der Waals surface area contributed by atoms with Crippen molar-refractivity contribution < 1.29 is 4.74 Å². The number of ether oxygens (including phenoxy) is 1. The Hall–Kier alpha value is -2.44. The summed E-state index contributed by atoms with van der Waals surface area (Å²) in [7, 11) is 0. The minimum Gasteiger partial charge on any atom is -0.463 e. The summed E-state index contributed by atoms with van der Waals surface area (Å²) < 4.78 is 6.88. The van der Waals surface area contributed by atoms with Gasteiger partial charge in [0.25, 0.3) is 5.95 Å². The van der Waals surface area contributed by atoms with Crippen molar-refractivity contribution in [3.63, 3.8) is 0 Å². The van der Waals surface area contributed by atoms with E-state index in [0.29, 0.717) is 12.6 Å². The fourth-order valence-corrected chi connectivity index (χ4v) is 1.23. The average Bonchev–Trinajstić information content (AvgIpc) is 2.81. The number of hydrogen-bond donors (Lipinski definition) is 1. The largest absolute Gasteiger partial charge is 0.463 e. The maximum atomic E-state index is 5.60. The standard InChI is InChI=1S/C11H14N6O/c1-8(2)4-7-18-11-15-9(12)14-10(16-11)17-6-3-5-13-17/h3,5-6H,1,4,7H2,2H3,(H2,12,14,15,16). The van der Waals surface area contributed by atoms with Crippen LogP contribution in [0, 0.1) is 0 Å². The van der Waals surface area contributed by atoms with E-state index in [-0.39, 0.29) is 12.0 Å². The second kappa shape index (κ2) is 5.26. The molecule has 7 nitrogen and oxygen atoms in total. The van der Waals surface area contributed by atoms with Gasteiger partial charge in [0.1, 0.15) is 0 Å². The van der Waals surface area contributed by atoms with E-state index in [1.807, 2.05) is 6.92 Å². The third-order valence-corrected chi connectivity index (χ3v) is 2.09. The smallest absolute Gasteiger partial charge is 0.323 e. The molecule has 0 saturated carbocycles. The lowest BCUT2D eigenvalue weighted by Crippen LogP contribution is -2.10. The fourth-order valence-electron chi connectivity index (χ4n) is 1.23. The van der Waals surface area contributed by atoms with Gasteiger partial charge in [-0.3, -0.25) is 0 Å². The molecule has 18 heavy (non-hydrogen) atoms. The number of nitrogens with two attached hydrogens (primary N) is 1. The van der Waals surface area contributed by atoms with Crippen LogP contribution in [0.3, 0.4) is 0 Å². The second-order valence-corrected chi connectivity index (χ2v) is 3.78. The highest BCUT2D eigenvalue weighted by Crippen LogP contribution is 2.09. The summed E-state index contributed by atoms with van der Waals surface area (Å²) in [6.45, 7) is 6.18. The first-order valence-electron chi connectivity index (χ1n) is 5.44. The molecule has 0 unspecified atom stereocenters. The van der Waals surface area contributed by atoms with Crippen LogP contribution in [0.5, 0.6) is 6.01 Å². The van der Waals surface area contributed by atoms with E-state index in [1.165, 1.54) is 4.68 Å².